The number of rotatable bonds is 4. The van der Waals surface area contributed by atoms with Gasteiger partial charge < -0.3 is 4.74 Å². The van der Waals surface area contributed by atoms with Crippen LogP contribution in [0, 0.1) is 0 Å². The van der Waals surface area contributed by atoms with Crippen molar-refractivity contribution in [3.05, 3.63) is 23.8 Å². The standard InChI is InChI=1S/C13H18ClNO3S/c1-10-4-3-7-15(10)19(16,17)13-8-11(9-14)5-6-12(13)18-2/h5-6,8,10H,3-4,7,9H2,1-2H3. The maximum absolute atomic E-state index is 12.7. The third kappa shape index (κ3) is 2.73. The molecule has 1 fully saturated rings. The van der Waals surface area contributed by atoms with Gasteiger partial charge in [0.2, 0.25) is 10.0 Å². The van der Waals surface area contributed by atoms with Crippen molar-refractivity contribution in [1.29, 1.82) is 0 Å². The number of nitrogens with zero attached hydrogens (tertiary/aromatic N) is 1. The summed E-state index contributed by atoms with van der Waals surface area (Å²) in [6.07, 6.45) is 1.80. The van der Waals surface area contributed by atoms with Crippen LogP contribution in [0.5, 0.6) is 5.75 Å². The lowest BCUT2D eigenvalue weighted by Crippen LogP contribution is -2.33. The number of hydrogen-bond acceptors (Lipinski definition) is 3. The van der Waals surface area contributed by atoms with Gasteiger partial charge in [-0.2, -0.15) is 4.31 Å². The van der Waals surface area contributed by atoms with Gasteiger partial charge in [-0.1, -0.05) is 6.07 Å². The van der Waals surface area contributed by atoms with E-state index in [1.54, 1.807) is 22.5 Å². The zero-order chi connectivity index (χ0) is 14.0. The summed E-state index contributed by atoms with van der Waals surface area (Å²) in [6.45, 7) is 2.50. The van der Waals surface area contributed by atoms with E-state index in [4.69, 9.17) is 16.3 Å². The molecule has 4 nitrogen and oxygen atoms in total. The minimum absolute atomic E-state index is 0.0364. The second-order valence-corrected chi connectivity index (χ2v) is 6.85. The van der Waals surface area contributed by atoms with Crippen LogP contribution in [0.4, 0.5) is 0 Å². The van der Waals surface area contributed by atoms with E-state index in [0.717, 1.165) is 18.4 Å². The van der Waals surface area contributed by atoms with Gasteiger partial charge in [-0.15, -0.1) is 11.6 Å². The van der Waals surface area contributed by atoms with E-state index in [1.807, 2.05) is 6.92 Å². The summed E-state index contributed by atoms with van der Waals surface area (Å²) < 4.78 is 32.1. The van der Waals surface area contributed by atoms with Crippen molar-refractivity contribution >= 4 is 21.6 Å². The molecule has 0 aliphatic carbocycles. The number of ether oxygens (including phenoxy) is 1. The van der Waals surface area contributed by atoms with E-state index in [2.05, 4.69) is 0 Å². The summed E-state index contributed by atoms with van der Waals surface area (Å²) in [5, 5.41) is 0. The molecule has 1 aromatic carbocycles. The Balaban J connectivity index is 2.49. The maximum Gasteiger partial charge on any atom is 0.247 e. The van der Waals surface area contributed by atoms with Crippen LogP contribution in [0.3, 0.4) is 0 Å². The predicted molar refractivity (Wildman–Crippen MR) is 75.1 cm³/mol. The normalized spacial score (nSPS) is 20.7. The molecule has 0 radical (unpaired) electrons. The average Bonchev–Trinajstić information content (AvgIpc) is 2.85. The Morgan fingerprint density at radius 1 is 1.47 bits per heavy atom. The van der Waals surface area contributed by atoms with Crippen LogP contribution in [0.1, 0.15) is 25.3 Å². The first kappa shape index (κ1) is 14.6. The fraction of sp³-hybridized carbons (Fsp3) is 0.538. The maximum atomic E-state index is 12.7. The molecule has 1 atom stereocenters. The van der Waals surface area contributed by atoms with Crippen molar-refractivity contribution < 1.29 is 13.2 Å². The molecule has 106 valence electrons. The summed E-state index contributed by atoms with van der Waals surface area (Å²) in [6, 6.07) is 5.07. The van der Waals surface area contributed by atoms with Gasteiger partial charge in [-0.3, -0.25) is 0 Å². The molecule has 6 heteroatoms. The number of benzene rings is 1. The SMILES string of the molecule is COc1ccc(CCl)cc1S(=O)(=O)N1CCCC1C. The number of sulfonamides is 1. The van der Waals surface area contributed by atoms with E-state index in [1.165, 1.54) is 7.11 Å². The van der Waals surface area contributed by atoms with Crippen molar-refractivity contribution in [3.63, 3.8) is 0 Å². The highest BCUT2D eigenvalue weighted by molar-refractivity contribution is 7.89. The van der Waals surface area contributed by atoms with E-state index in [0.29, 0.717) is 12.3 Å². The number of hydrogen-bond donors (Lipinski definition) is 0. The Morgan fingerprint density at radius 2 is 2.21 bits per heavy atom. The molecule has 1 heterocycles. The molecule has 1 saturated heterocycles. The highest BCUT2D eigenvalue weighted by atomic mass is 35.5. The van der Waals surface area contributed by atoms with Gasteiger partial charge in [0.05, 0.1) is 7.11 Å². The number of halogens is 1. The van der Waals surface area contributed by atoms with Crippen LogP contribution >= 0.6 is 11.6 Å². The minimum atomic E-state index is -3.51. The third-order valence-corrected chi connectivity index (χ3v) is 5.80. The topological polar surface area (TPSA) is 46.6 Å². The van der Waals surface area contributed by atoms with Gasteiger partial charge in [0.1, 0.15) is 10.6 Å². The van der Waals surface area contributed by atoms with E-state index >= 15 is 0 Å². The Bertz CT molecular complexity index is 559. The third-order valence-electron chi connectivity index (χ3n) is 3.46. The van der Waals surface area contributed by atoms with Crippen molar-refractivity contribution in [3.8, 4) is 5.75 Å². The lowest BCUT2D eigenvalue weighted by molar-refractivity contribution is 0.386. The van der Waals surface area contributed by atoms with Crippen LogP contribution in [0.2, 0.25) is 0 Å². The Morgan fingerprint density at radius 3 is 2.74 bits per heavy atom. The molecule has 0 aromatic heterocycles. The Kier molecular flexibility index (Phi) is 4.38. The van der Waals surface area contributed by atoms with Gasteiger partial charge in [0.25, 0.3) is 0 Å². The lowest BCUT2D eigenvalue weighted by atomic mass is 10.2. The van der Waals surface area contributed by atoms with Crippen LogP contribution in [-0.2, 0) is 15.9 Å². The smallest absolute Gasteiger partial charge is 0.247 e. The molecular formula is C13H18ClNO3S. The van der Waals surface area contributed by atoms with E-state index in [9.17, 15) is 8.42 Å². The van der Waals surface area contributed by atoms with Gasteiger partial charge >= 0.3 is 0 Å². The molecule has 0 saturated carbocycles. The van der Waals surface area contributed by atoms with Gasteiger partial charge in [-0.25, -0.2) is 8.42 Å². The average molecular weight is 304 g/mol. The summed E-state index contributed by atoms with van der Waals surface area (Å²) in [5.41, 5.74) is 0.771. The number of methoxy groups -OCH3 is 1. The highest BCUT2D eigenvalue weighted by Gasteiger charge is 2.34. The zero-order valence-corrected chi connectivity index (χ0v) is 12.7. The molecule has 19 heavy (non-hydrogen) atoms. The molecule has 0 amide bonds. The highest BCUT2D eigenvalue weighted by Crippen LogP contribution is 2.32. The van der Waals surface area contributed by atoms with E-state index in [-0.39, 0.29) is 16.8 Å². The van der Waals surface area contributed by atoms with Crippen molar-refractivity contribution in [2.75, 3.05) is 13.7 Å². The van der Waals surface area contributed by atoms with Crippen LogP contribution in [-0.4, -0.2) is 32.4 Å². The van der Waals surface area contributed by atoms with Crippen molar-refractivity contribution in [2.45, 2.75) is 36.6 Å². The molecule has 1 aromatic rings. The fourth-order valence-corrected chi connectivity index (χ4v) is 4.47. The summed E-state index contributed by atoms with van der Waals surface area (Å²) in [5.74, 6) is 0.648. The summed E-state index contributed by atoms with van der Waals surface area (Å²) in [7, 11) is -2.04. The lowest BCUT2D eigenvalue weighted by Gasteiger charge is -2.22. The van der Waals surface area contributed by atoms with Crippen LogP contribution in [0.25, 0.3) is 0 Å². The first-order valence-electron chi connectivity index (χ1n) is 6.25. The molecule has 1 unspecified atom stereocenters. The summed E-state index contributed by atoms with van der Waals surface area (Å²) in [4.78, 5) is 0.210. The first-order chi connectivity index (χ1) is 9.00. The molecular weight excluding hydrogens is 286 g/mol. The quantitative estimate of drug-likeness (QED) is 0.803. The van der Waals surface area contributed by atoms with Crippen LogP contribution < -0.4 is 4.74 Å². The monoisotopic (exact) mass is 303 g/mol. The minimum Gasteiger partial charge on any atom is -0.495 e. The molecule has 2 rings (SSSR count). The Hall–Kier alpha value is -0.780. The second-order valence-electron chi connectivity index (χ2n) is 4.73. The fourth-order valence-electron chi connectivity index (χ4n) is 2.40. The Labute approximate surface area is 119 Å². The molecule has 0 N–H and O–H groups in total. The first-order valence-corrected chi connectivity index (χ1v) is 8.23. The van der Waals surface area contributed by atoms with Crippen LogP contribution in [0.15, 0.2) is 23.1 Å². The predicted octanol–water partition coefficient (Wildman–Crippen LogP) is 2.61. The van der Waals surface area contributed by atoms with Crippen molar-refractivity contribution in [2.24, 2.45) is 0 Å². The number of alkyl halides is 1. The van der Waals surface area contributed by atoms with Crippen molar-refractivity contribution in [1.82, 2.24) is 4.31 Å². The molecule has 1 aliphatic heterocycles. The molecule has 0 bridgehead atoms. The molecule has 0 spiro atoms. The van der Waals surface area contributed by atoms with Gasteiger partial charge in [0.15, 0.2) is 0 Å². The van der Waals surface area contributed by atoms with E-state index < -0.39 is 10.0 Å². The zero-order valence-electron chi connectivity index (χ0n) is 11.1. The largest absolute Gasteiger partial charge is 0.495 e. The summed E-state index contributed by atoms with van der Waals surface area (Å²) >= 11 is 5.78. The second kappa shape index (κ2) is 5.69. The van der Waals surface area contributed by atoms with Gasteiger partial charge in [0, 0.05) is 18.5 Å². The molecule has 1 aliphatic rings. The van der Waals surface area contributed by atoms with Gasteiger partial charge in [-0.05, 0) is 37.5 Å².